The van der Waals surface area contributed by atoms with E-state index in [1.54, 1.807) is 79.8 Å². The van der Waals surface area contributed by atoms with E-state index in [-0.39, 0.29) is 18.7 Å². The lowest BCUT2D eigenvalue weighted by atomic mass is 9.99. The predicted octanol–water partition coefficient (Wildman–Crippen LogP) is 7.70. The van der Waals surface area contributed by atoms with Gasteiger partial charge in [0.2, 0.25) is 17.8 Å². The van der Waals surface area contributed by atoms with Crippen LogP contribution in [-0.2, 0) is 21.2 Å². The molecule has 6 aromatic rings. The number of carbonyl (C=O) groups is 4. The lowest BCUT2D eigenvalue weighted by Gasteiger charge is -2.44. The number of aryl methyl sites for hydroxylation is 1. The van der Waals surface area contributed by atoms with E-state index < -0.39 is 36.8 Å². The number of halogens is 2. The maximum Gasteiger partial charge on any atom is 0.262 e. The number of ether oxygens (including phenoxy) is 1. The Labute approximate surface area is 454 Å². The molecule has 4 aromatic carbocycles. The highest BCUT2D eigenvalue weighted by molar-refractivity contribution is 9.10. The number of amides is 4. The molecule has 0 spiro atoms. The maximum absolute atomic E-state index is 14.8. The second kappa shape index (κ2) is 21.4. The maximum atomic E-state index is 14.8. The normalized spacial score (nSPS) is 19.7. The van der Waals surface area contributed by atoms with Gasteiger partial charge in [0.05, 0.1) is 40.3 Å². The second-order valence-electron chi connectivity index (χ2n) is 21.0. The zero-order valence-electron chi connectivity index (χ0n) is 43.5. The van der Waals surface area contributed by atoms with E-state index in [1.807, 2.05) is 25.5 Å². The number of methoxy groups -OCH3 is 1. The molecular formula is C56H61BrFN12O6P. The van der Waals surface area contributed by atoms with Gasteiger partial charge >= 0.3 is 0 Å². The topological polar surface area (TPSA) is 190 Å². The van der Waals surface area contributed by atoms with Gasteiger partial charge in [-0.3, -0.25) is 39.0 Å². The Morgan fingerprint density at radius 2 is 1.57 bits per heavy atom. The molecule has 2 aromatic heterocycles. The molecule has 2 unspecified atom stereocenters. The summed E-state index contributed by atoms with van der Waals surface area (Å²) in [5.74, 6) is -0.480. The van der Waals surface area contributed by atoms with Crippen molar-refractivity contribution < 1.29 is 32.9 Å². The van der Waals surface area contributed by atoms with E-state index in [0.29, 0.717) is 72.9 Å². The number of imide groups is 2. The molecule has 18 nitrogen and oxygen atoms in total. The average molecular weight is 1130 g/mol. The highest BCUT2D eigenvalue weighted by atomic mass is 79.9. The van der Waals surface area contributed by atoms with Gasteiger partial charge in [-0.15, -0.1) is 0 Å². The highest BCUT2D eigenvalue weighted by Gasteiger charge is 2.45. The Morgan fingerprint density at radius 3 is 2.30 bits per heavy atom. The van der Waals surface area contributed by atoms with Crippen LogP contribution in [-0.4, -0.2) is 150 Å². The van der Waals surface area contributed by atoms with Gasteiger partial charge in [-0.1, -0.05) is 24.3 Å². The standard InChI is InChI=1S/C56H61BrFN12O6P/c1-65-33-36(29-60-65)41-27-46(62-56-59-30-43(57)52(64-56)61-45-12-9-35(25-50(45)77(3,4)75)39-7-5-6-8-44(39)58)49(76-2)28-48(41)68-23-21-67(22-24-68)37-16-18-66(19-17-37)31-34-15-20-69(32-34)38-10-11-40-42(26-38)55(74)70(54(40)73)47-13-14-51(71)63-53(47)72/h5-12,25-30,33-34,37,47H,13-24,31-32H2,1-4H3,(H,63,71,72)(H2,59,61,62,64). The van der Waals surface area contributed by atoms with Crippen LogP contribution < -0.4 is 35.8 Å². The van der Waals surface area contributed by atoms with E-state index in [4.69, 9.17) is 9.72 Å². The molecule has 7 heterocycles. The average Bonchev–Trinajstić information content (AvgIpc) is 4.26. The number of nitrogens with zero attached hydrogens (tertiary/aromatic N) is 9. The van der Waals surface area contributed by atoms with Gasteiger partial charge in [-0.2, -0.15) is 10.1 Å². The van der Waals surface area contributed by atoms with Gasteiger partial charge < -0.3 is 34.6 Å². The van der Waals surface area contributed by atoms with Gasteiger partial charge in [0.25, 0.3) is 11.8 Å². The van der Waals surface area contributed by atoms with Crippen molar-refractivity contribution in [3.8, 4) is 28.0 Å². The molecular weight excluding hydrogens is 1070 g/mol. The SMILES string of the molecule is COc1cc(N2CCN(C3CCN(CC4CCN(c5ccc6c(c5)C(=O)N(C5CCC(=O)NC5=O)C6=O)C4)CC3)CC2)c(-c2cnn(C)c2)cc1Nc1ncc(Br)c(Nc2ccc(-c3ccccc3F)cc2P(C)(C)=O)n1. The molecule has 11 rings (SSSR count). The lowest BCUT2D eigenvalue weighted by Crippen LogP contribution is -2.54. The summed E-state index contributed by atoms with van der Waals surface area (Å²) in [6, 6.07) is 21.0. The van der Waals surface area contributed by atoms with Crippen LogP contribution in [0, 0.1) is 11.7 Å². The van der Waals surface area contributed by atoms with E-state index in [0.717, 1.165) is 106 Å². The number of carbonyl (C=O) groups excluding carboxylic acids is 4. The third kappa shape index (κ3) is 10.7. The third-order valence-corrected chi connectivity index (χ3v) is 17.8. The first-order chi connectivity index (χ1) is 37.1. The highest BCUT2D eigenvalue weighted by Crippen LogP contribution is 2.43. The number of anilines is 6. The summed E-state index contributed by atoms with van der Waals surface area (Å²) in [6.07, 6.45) is 8.99. The number of hydrogen-bond donors (Lipinski definition) is 3. The van der Waals surface area contributed by atoms with Crippen LogP contribution in [0.25, 0.3) is 22.3 Å². The number of hydrogen-bond acceptors (Lipinski definition) is 15. The molecule has 0 radical (unpaired) electrons. The van der Waals surface area contributed by atoms with Crippen molar-refractivity contribution in [1.29, 1.82) is 0 Å². The van der Waals surface area contributed by atoms with Gasteiger partial charge in [-0.25, -0.2) is 9.37 Å². The molecule has 77 heavy (non-hydrogen) atoms. The number of fused-ring (bicyclic) bond motifs is 1. The van der Waals surface area contributed by atoms with Crippen molar-refractivity contribution in [2.45, 2.75) is 44.2 Å². The first kappa shape index (κ1) is 52.1. The second-order valence-corrected chi connectivity index (χ2v) is 25.0. The van der Waals surface area contributed by atoms with E-state index in [2.05, 4.69) is 73.7 Å². The van der Waals surface area contributed by atoms with Gasteiger partial charge in [-0.05, 0) is 122 Å². The van der Waals surface area contributed by atoms with Gasteiger partial charge in [0.15, 0.2) is 0 Å². The summed E-state index contributed by atoms with van der Waals surface area (Å²) < 4.78 is 36.9. The molecule has 3 N–H and O–H groups in total. The van der Waals surface area contributed by atoms with Crippen molar-refractivity contribution in [3.05, 3.63) is 113 Å². The Bertz CT molecular complexity index is 3350. The van der Waals surface area contributed by atoms with Crippen molar-refractivity contribution in [2.24, 2.45) is 13.0 Å². The zero-order valence-corrected chi connectivity index (χ0v) is 45.9. The Balaban J connectivity index is 0.715. The summed E-state index contributed by atoms with van der Waals surface area (Å²) >= 11 is 3.60. The molecule has 5 aliphatic rings. The van der Waals surface area contributed by atoms with Crippen LogP contribution in [0.2, 0.25) is 0 Å². The monoisotopic (exact) mass is 1130 g/mol. The van der Waals surface area contributed by atoms with Crippen molar-refractivity contribution in [1.82, 2.24) is 39.8 Å². The fourth-order valence-corrected chi connectivity index (χ4v) is 13.1. The number of benzene rings is 4. The molecule has 4 fully saturated rings. The third-order valence-electron chi connectivity index (χ3n) is 15.7. The van der Waals surface area contributed by atoms with Crippen LogP contribution in [0.15, 0.2) is 95.9 Å². The summed E-state index contributed by atoms with van der Waals surface area (Å²) in [5.41, 5.74) is 6.81. The quantitative estimate of drug-likeness (QED) is 0.0710. The smallest absolute Gasteiger partial charge is 0.262 e. The van der Waals surface area contributed by atoms with Crippen molar-refractivity contribution >= 4 is 86.5 Å². The van der Waals surface area contributed by atoms with Crippen LogP contribution in [0.5, 0.6) is 5.75 Å². The molecule has 0 bridgehead atoms. The molecule has 2 atom stereocenters. The zero-order chi connectivity index (χ0) is 53.7. The fraction of sp³-hybridized carbons (Fsp3) is 0.375. The minimum absolute atomic E-state index is 0.0866. The van der Waals surface area contributed by atoms with Crippen LogP contribution in [0.3, 0.4) is 0 Å². The minimum atomic E-state index is -2.85. The number of aromatic nitrogens is 4. The Hall–Kier alpha value is -6.99. The molecule has 21 heteroatoms. The Kier molecular flexibility index (Phi) is 14.5. The van der Waals surface area contributed by atoms with Crippen LogP contribution in [0.4, 0.5) is 38.9 Å². The van der Waals surface area contributed by atoms with E-state index in [9.17, 15) is 28.1 Å². The predicted molar refractivity (Wildman–Crippen MR) is 299 cm³/mol. The van der Waals surface area contributed by atoms with Crippen molar-refractivity contribution in [2.75, 3.05) is 99.8 Å². The molecule has 400 valence electrons. The largest absolute Gasteiger partial charge is 0.494 e. The van der Waals surface area contributed by atoms with Crippen LogP contribution >= 0.6 is 23.1 Å². The number of piperazine rings is 1. The van der Waals surface area contributed by atoms with Gasteiger partial charge in [0, 0.05) is 117 Å². The van der Waals surface area contributed by atoms with Crippen LogP contribution in [0.1, 0.15) is 52.8 Å². The molecule has 4 amide bonds. The summed E-state index contributed by atoms with van der Waals surface area (Å²) in [6.45, 7) is 11.7. The first-order valence-corrected chi connectivity index (χ1v) is 29.5. The summed E-state index contributed by atoms with van der Waals surface area (Å²) in [5, 5.41) is 14.1. The molecule has 4 saturated heterocycles. The van der Waals surface area contributed by atoms with Crippen molar-refractivity contribution in [3.63, 3.8) is 0 Å². The molecule has 0 aliphatic carbocycles. The fourth-order valence-electron chi connectivity index (χ4n) is 11.6. The van der Waals surface area contributed by atoms with E-state index >= 15 is 0 Å². The number of nitrogens with one attached hydrogen (secondary N) is 3. The number of rotatable bonds is 14. The molecule has 5 aliphatic heterocycles. The minimum Gasteiger partial charge on any atom is -0.494 e. The summed E-state index contributed by atoms with van der Waals surface area (Å²) in [4.78, 5) is 71.5. The summed E-state index contributed by atoms with van der Waals surface area (Å²) in [7, 11) is 0.708. The van der Waals surface area contributed by atoms with E-state index in [1.165, 1.54) is 6.07 Å². The number of likely N-dealkylation sites (tertiary alicyclic amines) is 1. The van der Waals surface area contributed by atoms with Gasteiger partial charge in [0.1, 0.15) is 30.6 Å². The number of piperidine rings is 2. The Morgan fingerprint density at radius 1 is 0.792 bits per heavy atom. The lowest BCUT2D eigenvalue weighted by molar-refractivity contribution is -0.136. The first-order valence-electron chi connectivity index (χ1n) is 26.1. The molecule has 0 saturated carbocycles.